The number of rotatable bonds is 3. The SMILES string of the molecule is N/C=N\N/N=C/c1ccc(O)c(Cl)c1. The van der Waals surface area contributed by atoms with Gasteiger partial charge in [0.25, 0.3) is 0 Å². The van der Waals surface area contributed by atoms with Gasteiger partial charge >= 0.3 is 0 Å². The third-order valence-corrected chi connectivity index (χ3v) is 1.68. The van der Waals surface area contributed by atoms with Crippen molar-refractivity contribution in [2.24, 2.45) is 15.9 Å². The molecule has 5 nitrogen and oxygen atoms in total. The zero-order valence-corrected chi connectivity index (χ0v) is 7.94. The van der Waals surface area contributed by atoms with E-state index in [2.05, 4.69) is 15.7 Å². The number of hydrogen-bond donors (Lipinski definition) is 3. The summed E-state index contributed by atoms with van der Waals surface area (Å²) in [5.41, 5.74) is 8.04. The summed E-state index contributed by atoms with van der Waals surface area (Å²) in [4.78, 5) is 0. The molecule has 0 heterocycles. The van der Waals surface area contributed by atoms with Gasteiger partial charge in [-0.15, -0.1) is 5.10 Å². The minimum absolute atomic E-state index is 0.0387. The molecule has 0 saturated carbocycles. The van der Waals surface area contributed by atoms with E-state index in [-0.39, 0.29) is 10.8 Å². The molecule has 0 aliphatic carbocycles. The van der Waals surface area contributed by atoms with Crippen LogP contribution in [-0.2, 0) is 0 Å². The summed E-state index contributed by atoms with van der Waals surface area (Å²) in [5, 5.41) is 16.6. The highest BCUT2D eigenvalue weighted by Gasteiger charge is 1.96. The van der Waals surface area contributed by atoms with Crippen molar-refractivity contribution in [3.63, 3.8) is 0 Å². The maximum Gasteiger partial charge on any atom is 0.134 e. The molecule has 1 rings (SSSR count). The Morgan fingerprint density at radius 3 is 2.86 bits per heavy atom. The van der Waals surface area contributed by atoms with Crippen molar-refractivity contribution < 1.29 is 5.11 Å². The van der Waals surface area contributed by atoms with E-state index in [1.54, 1.807) is 12.1 Å². The average Bonchev–Trinajstić information content (AvgIpc) is 2.18. The molecule has 0 spiro atoms. The van der Waals surface area contributed by atoms with Crippen molar-refractivity contribution in [1.82, 2.24) is 5.53 Å². The maximum absolute atomic E-state index is 9.12. The molecule has 4 N–H and O–H groups in total. The van der Waals surface area contributed by atoms with Crippen LogP contribution in [0.1, 0.15) is 5.56 Å². The molecule has 0 fully saturated rings. The van der Waals surface area contributed by atoms with Crippen molar-refractivity contribution in [1.29, 1.82) is 0 Å². The second-order valence-corrected chi connectivity index (χ2v) is 2.75. The lowest BCUT2D eigenvalue weighted by atomic mass is 10.2. The average molecular weight is 213 g/mol. The van der Waals surface area contributed by atoms with Gasteiger partial charge in [0.2, 0.25) is 0 Å². The van der Waals surface area contributed by atoms with E-state index in [0.29, 0.717) is 0 Å². The number of aromatic hydroxyl groups is 1. The predicted molar refractivity (Wildman–Crippen MR) is 56.5 cm³/mol. The molecule has 74 valence electrons. The first-order valence-corrected chi connectivity index (χ1v) is 4.11. The van der Waals surface area contributed by atoms with Gasteiger partial charge in [-0.3, -0.25) is 0 Å². The first-order chi connectivity index (χ1) is 6.74. The van der Waals surface area contributed by atoms with Crippen molar-refractivity contribution in [3.05, 3.63) is 28.8 Å². The van der Waals surface area contributed by atoms with Crippen LogP contribution in [0.15, 0.2) is 28.4 Å². The lowest BCUT2D eigenvalue weighted by Gasteiger charge is -1.96. The van der Waals surface area contributed by atoms with E-state index < -0.39 is 0 Å². The van der Waals surface area contributed by atoms with Crippen molar-refractivity contribution >= 4 is 24.2 Å². The number of halogens is 1. The number of hydrogen-bond acceptors (Lipinski definition) is 4. The van der Waals surface area contributed by atoms with Crippen LogP contribution in [-0.4, -0.2) is 17.7 Å². The number of nitrogens with zero attached hydrogens (tertiary/aromatic N) is 2. The van der Waals surface area contributed by atoms with Crippen molar-refractivity contribution in [2.75, 3.05) is 0 Å². The molecule has 1 aromatic rings. The fourth-order valence-electron chi connectivity index (χ4n) is 0.774. The van der Waals surface area contributed by atoms with Gasteiger partial charge in [-0.05, 0) is 23.8 Å². The quantitative estimate of drug-likeness (QED) is 0.395. The number of hydrazone groups is 2. The summed E-state index contributed by atoms with van der Waals surface area (Å²) < 4.78 is 0. The highest BCUT2D eigenvalue weighted by Crippen LogP contribution is 2.22. The predicted octanol–water partition coefficient (Wildman–Crippen LogP) is 0.871. The molecule has 0 saturated heterocycles. The van der Waals surface area contributed by atoms with Gasteiger partial charge in [0.05, 0.1) is 11.2 Å². The molecule has 1 aromatic carbocycles. The van der Waals surface area contributed by atoms with Crippen LogP contribution in [0.3, 0.4) is 0 Å². The fraction of sp³-hybridized carbons (Fsp3) is 0. The summed E-state index contributed by atoms with van der Waals surface area (Å²) in [6, 6.07) is 4.72. The van der Waals surface area contributed by atoms with Crippen LogP contribution in [0.2, 0.25) is 5.02 Å². The highest BCUT2D eigenvalue weighted by atomic mass is 35.5. The second-order valence-electron chi connectivity index (χ2n) is 2.35. The van der Waals surface area contributed by atoms with E-state index in [1.165, 1.54) is 12.3 Å². The number of benzene rings is 1. The molecule has 14 heavy (non-hydrogen) atoms. The molecule has 0 amide bonds. The Hall–Kier alpha value is -1.75. The summed E-state index contributed by atoms with van der Waals surface area (Å²) >= 11 is 5.67. The molecular formula is C8H9ClN4O. The summed E-state index contributed by atoms with van der Waals surface area (Å²) in [7, 11) is 0. The van der Waals surface area contributed by atoms with E-state index in [9.17, 15) is 0 Å². The van der Waals surface area contributed by atoms with Gasteiger partial charge in [0.1, 0.15) is 12.1 Å². The summed E-state index contributed by atoms with van der Waals surface area (Å²) in [5.74, 6) is 0.0387. The molecule has 0 aliphatic heterocycles. The highest BCUT2D eigenvalue weighted by molar-refractivity contribution is 6.32. The van der Waals surface area contributed by atoms with E-state index in [0.717, 1.165) is 11.9 Å². The number of nitrogens with two attached hydrogens (primary N) is 1. The lowest BCUT2D eigenvalue weighted by molar-refractivity contribution is 0.475. The Bertz CT molecular complexity index is 364. The van der Waals surface area contributed by atoms with Gasteiger partial charge in [0.15, 0.2) is 0 Å². The molecule has 0 atom stereocenters. The van der Waals surface area contributed by atoms with E-state index in [1.807, 2.05) is 0 Å². The minimum atomic E-state index is 0.0387. The lowest BCUT2D eigenvalue weighted by Crippen LogP contribution is -2.00. The van der Waals surface area contributed by atoms with Crippen LogP contribution in [0, 0.1) is 0 Å². The molecule has 0 bridgehead atoms. The molecule has 0 aromatic heterocycles. The number of phenolic OH excluding ortho intramolecular Hbond substituents is 1. The normalized spacial score (nSPS) is 11.2. The zero-order chi connectivity index (χ0) is 10.4. The third-order valence-electron chi connectivity index (χ3n) is 1.38. The van der Waals surface area contributed by atoms with Gasteiger partial charge < -0.3 is 10.8 Å². The Morgan fingerprint density at radius 2 is 2.21 bits per heavy atom. The zero-order valence-electron chi connectivity index (χ0n) is 7.18. The molecular weight excluding hydrogens is 204 g/mol. The van der Waals surface area contributed by atoms with E-state index >= 15 is 0 Å². The monoisotopic (exact) mass is 212 g/mol. The Balaban J connectivity index is 2.68. The van der Waals surface area contributed by atoms with Crippen molar-refractivity contribution in [2.45, 2.75) is 0 Å². The second kappa shape index (κ2) is 5.08. The van der Waals surface area contributed by atoms with Crippen LogP contribution in [0.4, 0.5) is 0 Å². The number of nitrogens with one attached hydrogen (secondary N) is 1. The third kappa shape index (κ3) is 2.95. The van der Waals surface area contributed by atoms with Crippen LogP contribution in [0.25, 0.3) is 0 Å². The Kier molecular flexibility index (Phi) is 3.75. The molecule has 6 heteroatoms. The largest absolute Gasteiger partial charge is 0.506 e. The summed E-state index contributed by atoms with van der Waals surface area (Å²) in [6.07, 6.45) is 2.58. The van der Waals surface area contributed by atoms with Crippen LogP contribution < -0.4 is 11.3 Å². The van der Waals surface area contributed by atoms with E-state index in [4.69, 9.17) is 22.4 Å². The van der Waals surface area contributed by atoms with Gasteiger partial charge in [-0.25, -0.2) is 0 Å². The number of phenols is 1. The first kappa shape index (κ1) is 10.3. The first-order valence-electron chi connectivity index (χ1n) is 3.74. The van der Waals surface area contributed by atoms with Crippen molar-refractivity contribution in [3.8, 4) is 5.75 Å². The Labute approximate surface area is 85.9 Å². The standard InChI is InChI=1S/C8H9ClN4O/c9-7-3-6(1-2-8(7)14)4-11-13-12-5-10/h1-5,13-14H,(H2,10,12)/b11-4+. The van der Waals surface area contributed by atoms with Gasteiger partial charge in [-0.2, -0.15) is 10.6 Å². The minimum Gasteiger partial charge on any atom is -0.506 e. The van der Waals surface area contributed by atoms with Crippen LogP contribution >= 0.6 is 11.6 Å². The smallest absolute Gasteiger partial charge is 0.134 e. The maximum atomic E-state index is 9.12. The fourth-order valence-corrected chi connectivity index (χ4v) is 0.963. The molecule has 0 radical (unpaired) electrons. The van der Waals surface area contributed by atoms with Crippen LogP contribution in [0.5, 0.6) is 5.75 Å². The molecule has 0 aliphatic rings. The van der Waals surface area contributed by atoms with Gasteiger partial charge in [0, 0.05) is 0 Å². The topological polar surface area (TPSA) is 83.0 Å². The van der Waals surface area contributed by atoms with Gasteiger partial charge in [-0.1, -0.05) is 11.6 Å². The summed E-state index contributed by atoms with van der Waals surface area (Å²) in [6.45, 7) is 0. The Morgan fingerprint density at radius 1 is 1.43 bits per heavy atom. The molecule has 0 unspecified atom stereocenters.